The smallest absolute Gasteiger partial charge is 0.0544 e. The van der Waals surface area contributed by atoms with E-state index in [4.69, 9.17) is 0 Å². The molecule has 0 saturated carbocycles. The molecule has 0 N–H and O–H groups in total. The predicted molar refractivity (Wildman–Crippen MR) is 224 cm³/mol. The number of nitrogens with zero attached hydrogens (tertiary/aromatic N) is 1. The van der Waals surface area contributed by atoms with Gasteiger partial charge in [0.15, 0.2) is 0 Å². The van der Waals surface area contributed by atoms with E-state index in [-0.39, 0.29) is 16.2 Å². The van der Waals surface area contributed by atoms with Gasteiger partial charge in [0.1, 0.15) is 0 Å². The van der Waals surface area contributed by atoms with E-state index in [1.165, 1.54) is 83.8 Å². The minimum atomic E-state index is -0.269. The average Bonchev–Trinajstić information content (AvgIpc) is 3.16. The van der Waals surface area contributed by atoms with Crippen LogP contribution in [0.5, 0.6) is 0 Å². The van der Waals surface area contributed by atoms with Crippen LogP contribution in [0.25, 0.3) is 51.6 Å². The Morgan fingerprint density at radius 3 is 0.846 bits per heavy atom. The van der Waals surface area contributed by atoms with Crippen LogP contribution in [0.15, 0.2) is 129 Å². The predicted octanol–water partition coefficient (Wildman–Crippen LogP) is 14.0. The molecule has 0 radical (unpaired) electrons. The molecular weight excluding hydrogens is 627 g/mol. The van der Waals surface area contributed by atoms with Crippen molar-refractivity contribution in [2.75, 3.05) is 4.90 Å². The minimum Gasteiger partial charge on any atom is -0.309 e. The first kappa shape index (κ1) is 32.3. The lowest BCUT2D eigenvalue weighted by atomic mass is 9.60. The maximum atomic E-state index is 4.08. The van der Waals surface area contributed by atoms with Gasteiger partial charge in [0.05, 0.1) is 17.1 Å². The van der Waals surface area contributed by atoms with Crippen molar-refractivity contribution in [2.24, 2.45) is 0 Å². The van der Waals surface area contributed by atoms with Gasteiger partial charge in [-0.25, -0.2) is 0 Å². The minimum absolute atomic E-state index is 0.269. The molecule has 52 heavy (non-hydrogen) atoms. The highest BCUT2D eigenvalue weighted by Gasteiger charge is 2.52. The lowest BCUT2D eigenvalue weighted by molar-refractivity contribution is 0.567. The Morgan fingerprint density at radius 2 is 0.615 bits per heavy atom. The van der Waals surface area contributed by atoms with Gasteiger partial charge in [0.2, 0.25) is 0 Å². The molecule has 0 aliphatic carbocycles. The molecule has 1 heteroatoms. The second kappa shape index (κ2) is 10.9. The summed E-state index contributed by atoms with van der Waals surface area (Å²) >= 11 is 0. The Balaban J connectivity index is 1.42. The molecule has 3 aliphatic heterocycles. The molecule has 254 valence electrons. The summed E-state index contributed by atoms with van der Waals surface area (Å²) in [5, 5.41) is 0. The number of rotatable bonds is 6. The summed E-state index contributed by atoms with van der Waals surface area (Å²) in [6.07, 6.45) is 5.82. The van der Waals surface area contributed by atoms with Crippen LogP contribution in [-0.2, 0) is 16.2 Å². The summed E-state index contributed by atoms with van der Waals surface area (Å²) in [5.74, 6) is 0. The molecule has 0 atom stereocenters. The second-order valence-corrected chi connectivity index (χ2v) is 16.5. The lowest BCUT2D eigenvalue weighted by Gasteiger charge is -2.55. The number of anilines is 3. The molecule has 0 unspecified atom stereocenters. The SMILES string of the molecule is C=Cc1cccc(-c2cc3c4c(c2)C(C)(C)c2cc(-c5cccc(C=C)c5)cc5c2N4c2c(cc(-c4cccc(C=C)c4)cc2C5(C)C)C3(C)C)c1. The van der Waals surface area contributed by atoms with E-state index in [0.717, 1.165) is 16.7 Å². The highest BCUT2D eigenvalue weighted by atomic mass is 15.2. The van der Waals surface area contributed by atoms with Gasteiger partial charge in [-0.05, 0) is 138 Å². The van der Waals surface area contributed by atoms with Gasteiger partial charge >= 0.3 is 0 Å². The van der Waals surface area contributed by atoms with Crippen molar-refractivity contribution < 1.29 is 0 Å². The molecule has 3 heterocycles. The summed E-state index contributed by atoms with van der Waals surface area (Å²) in [5.41, 5.74) is 22.2. The zero-order chi connectivity index (χ0) is 36.3. The summed E-state index contributed by atoms with van der Waals surface area (Å²) in [4.78, 5) is 2.67. The van der Waals surface area contributed by atoms with Crippen molar-refractivity contribution in [2.45, 2.75) is 57.8 Å². The summed E-state index contributed by atoms with van der Waals surface area (Å²) in [6, 6.07) is 41.2. The van der Waals surface area contributed by atoms with Crippen molar-refractivity contribution in [1.82, 2.24) is 0 Å². The molecule has 0 fully saturated rings. The largest absolute Gasteiger partial charge is 0.309 e. The number of hydrogen-bond donors (Lipinski definition) is 0. The number of benzene rings is 6. The van der Waals surface area contributed by atoms with E-state index >= 15 is 0 Å². The molecule has 1 nitrogen and oxygen atoms in total. The lowest BCUT2D eigenvalue weighted by Crippen LogP contribution is -2.43. The van der Waals surface area contributed by atoms with E-state index in [0.29, 0.717) is 0 Å². The van der Waals surface area contributed by atoms with Crippen LogP contribution >= 0.6 is 0 Å². The fourth-order valence-corrected chi connectivity index (χ4v) is 9.29. The Labute approximate surface area is 309 Å². The van der Waals surface area contributed by atoms with Gasteiger partial charge in [-0.15, -0.1) is 0 Å². The monoisotopic (exact) mass is 671 g/mol. The first-order chi connectivity index (χ1) is 24.9. The van der Waals surface area contributed by atoms with Crippen LogP contribution in [-0.4, -0.2) is 0 Å². The van der Waals surface area contributed by atoms with Gasteiger partial charge in [-0.1, -0.05) is 134 Å². The second-order valence-electron chi connectivity index (χ2n) is 16.5. The topological polar surface area (TPSA) is 3.24 Å². The summed E-state index contributed by atoms with van der Waals surface area (Å²) < 4.78 is 0. The molecular formula is C51H45N. The van der Waals surface area contributed by atoms with Gasteiger partial charge in [-0.2, -0.15) is 0 Å². The maximum absolute atomic E-state index is 4.08. The van der Waals surface area contributed by atoms with Crippen LogP contribution in [0.2, 0.25) is 0 Å². The molecule has 3 aliphatic rings. The van der Waals surface area contributed by atoms with E-state index in [9.17, 15) is 0 Å². The summed E-state index contributed by atoms with van der Waals surface area (Å²) in [6.45, 7) is 26.9. The van der Waals surface area contributed by atoms with Gasteiger partial charge in [0, 0.05) is 16.2 Å². The van der Waals surface area contributed by atoms with Crippen molar-refractivity contribution in [3.63, 3.8) is 0 Å². The van der Waals surface area contributed by atoms with E-state index < -0.39 is 0 Å². The van der Waals surface area contributed by atoms with Crippen molar-refractivity contribution in [3.8, 4) is 33.4 Å². The fourth-order valence-electron chi connectivity index (χ4n) is 9.29. The van der Waals surface area contributed by atoms with Crippen LogP contribution < -0.4 is 4.90 Å². The highest BCUT2D eigenvalue weighted by Crippen LogP contribution is 2.67. The van der Waals surface area contributed by atoms with Crippen LogP contribution in [0.3, 0.4) is 0 Å². The van der Waals surface area contributed by atoms with E-state index in [2.05, 4.69) is 175 Å². The molecule has 9 rings (SSSR count). The third-order valence-corrected chi connectivity index (χ3v) is 12.4. The van der Waals surface area contributed by atoms with Crippen molar-refractivity contribution in [3.05, 3.63) is 179 Å². The van der Waals surface area contributed by atoms with Crippen LogP contribution in [0, 0.1) is 0 Å². The Hall–Kier alpha value is -5.66. The van der Waals surface area contributed by atoms with Crippen molar-refractivity contribution >= 4 is 35.3 Å². The third kappa shape index (κ3) is 4.35. The molecule has 6 aromatic carbocycles. The normalized spacial score (nSPS) is 16.2. The zero-order valence-corrected chi connectivity index (χ0v) is 31.2. The average molecular weight is 672 g/mol. The zero-order valence-electron chi connectivity index (χ0n) is 31.2. The Bertz CT molecular complexity index is 2190. The van der Waals surface area contributed by atoms with Gasteiger partial charge < -0.3 is 4.90 Å². The molecule has 6 aromatic rings. The Morgan fingerprint density at radius 1 is 0.365 bits per heavy atom. The highest BCUT2D eigenvalue weighted by molar-refractivity contribution is 6.01. The quantitative estimate of drug-likeness (QED) is 0.170. The standard InChI is InChI=1S/C51H45N/c1-10-31-16-13-19-34(22-31)37-25-40-46-41(26-37)50(6,7)43-28-39(36-21-15-18-33(12-3)24-36)30-45-48(43)52(46)47-42(49(40,4)5)27-38(29-44(47)51(45,8)9)35-20-14-17-32(11-2)23-35/h10-30H,1-3H2,4-9H3. The summed E-state index contributed by atoms with van der Waals surface area (Å²) in [7, 11) is 0. The molecule has 0 bridgehead atoms. The van der Waals surface area contributed by atoms with Gasteiger partial charge in [-0.3, -0.25) is 0 Å². The molecule has 0 spiro atoms. The fraction of sp³-hybridized carbons (Fsp3) is 0.176. The van der Waals surface area contributed by atoms with E-state index in [1.54, 1.807) is 0 Å². The van der Waals surface area contributed by atoms with Gasteiger partial charge in [0.25, 0.3) is 0 Å². The first-order valence-electron chi connectivity index (χ1n) is 18.4. The molecule has 0 amide bonds. The van der Waals surface area contributed by atoms with Crippen molar-refractivity contribution in [1.29, 1.82) is 0 Å². The Kier molecular flexibility index (Phi) is 6.78. The van der Waals surface area contributed by atoms with E-state index in [1.807, 2.05) is 18.2 Å². The molecule has 0 aromatic heterocycles. The number of hydrogen-bond acceptors (Lipinski definition) is 1. The van der Waals surface area contributed by atoms with Crippen LogP contribution in [0.4, 0.5) is 17.1 Å². The first-order valence-corrected chi connectivity index (χ1v) is 18.4. The van der Waals surface area contributed by atoms with Crippen LogP contribution in [0.1, 0.15) is 91.6 Å². The third-order valence-electron chi connectivity index (χ3n) is 12.4. The molecule has 0 saturated heterocycles. The maximum Gasteiger partial charge on any atom is 0.0544 e.